The molecular formula is C22H24BrFO. The number of aldehydes is 1. The van der Waals surface area contributed by atoms with Gasteiger partial charge in [0.15, 0.2) is 6.29 Å². The normalized spacial score (nSPS) is 20.4. The lowest BCUT2D eigenvalue weighted by atomic mass is 9.77. The van der Waals surface area contributed by atoms with Crippen molar-refractivity contribution in [3.8, 4) is 11.1 Å². The van der Waals surface area contributed by atoms with Crippen LogP contribution in [0.25, 0.3) is 11.1 Å². The van der Waals surface area contributed by atoms with E-state index in [1.165, 1.54) is 44.1 Å². The first-order chi connectivity index (χ1) is 12.1. The molecule has 132 valence electrons. The third-order valence-electron chi connectivity index (χ3n) is 5.48. The van der Waals surface area contributed by atoms with Crippen LogP contribution in [0.5, 0.6) is 0 Å². The molecule has 3 rings (SSSR count). The minimum atomic E-state index is -0.461. The Morgan fingerprint density at radius 3 is 2.36 bits per heavy atom. The fraction of sp³-hybridized carbons (Fsp3) is 0.409. The van der Waals surface area contributed by atoms with Gasteiger partial charge in [-0.2, -0.15) is 0 Å². The van der Waals surface area contributed by atoms with Gasteiger partial charge in [-0.3, -0.25) is 4.79 Å². The van der Waals surface area contributed by atoms with E-state index in [4.69, 9.17) is 0 Å². The Kier molecular flexibility index (Phi) is 6.06. The van der Waals surface area contributed by atoms with Gasteiger partial charge in [-0.15, -0.1) is 0 Å². The number of rotatable bonds is 5. The zero-order valence-electron chi connectivity index (χ0n) is 14.6. The van der Waals surface area contributed by atoms with Gasteiger partial charge in [0.05, 0.1) is 5.56 Å². The molecule has 3 heteroatoms. The summed E-state index contributed by atoms with van der Waals surface area (Å²) in [7, 11) is 0. The van der Waals surface area contributed by atoms with Crippen LogP contribution < -0.4 is 0 Å². The summed E-state index contributed by atoms with van der Waals surface area (Å²) in [6, 6.07) is 11.7. The molecule has 0 spiro atoms. The molecule has 0 aliphatic heterocycles. The minimum Gasteiger partial charge on any atom is -0.298 e. The second-order valence-corrected chi connectivity index (χ2v) is 7.92. The SMILES string of the molecule is CCCC1CCC(c2ccc(-c3ccc(Br)c(C=O)c3F)cc2)CC1. The minimum absolute atomic E-state index is 0.0795. The summed E-state index contributed by atoms with van der Waals surface area (Å²) in [5, 5.41) is 0. The van der Waals surface area contributed by atoms with Crippen LogP contribution in [0.4, 0.5) is 4.39 Å². The van der Waals surface area contributed by atoms with Crippen LogP contribution >= 0.6 is 15.9 Å². The van der Waals surface area contributed by atoms with Crippen LogP contribution in [0.2, 0.25) is 0 Å². The van der Waals surface area contributed by atoms with Gasteiger partial charge in [0, 0.05) is 10.0 Å². The Morgan fingerprint density at radius 1 is 1.08 bits per heavy atom. The van der Waals surface area contributed by atoms with Crippen molar-refractivity contribution in [3.05, 3.63) is 57.8 Å². The van der Waals surface area contributed by atoms with Crippen LogP contribution in [-0.4, -0.2) is 6.29 Å². The Hall–Kier alpha value is -1.48. The Morgan fingerprint density at radius 2 is 1.76 bits per heavy atom. The van der Waals surface area contributed by atoms with Gasteiger partial charge < -0.3 is 0 Å². The maximum atomic E-state index is 14.5. The van der Waals surface area contributed by atoms with Crippen molar-refractivity contribution in [1.82, 2.24) is 0 Å². The average Bonchev–Trinajstić information content (AvgIpc) is 2.63. The number of carbonyl (C=O) groups is 1. The van der Waals surface area contributed by atoms with E-state index in [1.54, 1.807) is 12.1 Å². The molecule has 1 saturated carbocycles. The molecule has 0 heterocycles. The van der Waals surface area contributed by atoms with Gasteiger partial charge in [-0.1, -0.05) is 50.1 Å². The standard InChI is InChI=1S/C22H24BrFO/c1-2-3-15-4-6-16(7-5-15)17-8-10-18(11-9-17)19-12-13-21(23)20(14-25)22(19)24/h8-16H,2-7H2,1H3. The zero-order chi connectivity index (χ0) is 17.8. The van der Waals surface area contributed by atoms with Gasteiger partial charge in [0.1, 0.15) is 5.82 Å². The molecule has 0 amide bonds. The first-order valence-corrected chi connectivity index (χ1v) is 9.96. The van der Waals surface area contributed by atoms with E-state index in [2.05, 4.69) is 35.0 Å². The number of hydrogen-bond donors (Lipinski definition) is 0. The molecule has 25 heavy (non-hydrogen) atoms. The predicted molar refractivity (Wildman–Crippen MR) is 105 cm³/mol. The average molecular weight is 403 g/mol. The number of halogens is 2. The van der Waals surface area contributed by atoms with Crippen LogP contribution in [0, 0.1) is 11.7 Å². The Bertz CT molecular complexity index is 730. The molecule has 0 radical (unpaired) electrons. The van der Waals surface area contributed by atoms with E-state index < -0.39 is 5.82 Å². The van der Waals surface area contributed by atoms with Crippen molar-refractivity contribution in [3.63, 3.8) is 0 Å². The molecule has 1 aliphatic carbocycles. The van der Waals surface area contributed by atoms with E-state index in [0.717, 1.165) is 11.5 Å². The molecule has 2 aromatic rings. The lowest BCUT2D eigenvalue weighted by Gasteiger charge is -2.28. The maximum Gasteiger partial charge on any atom is 0.154 e. The molecule has 1 nitrogen and oxygen atoms in total. The van der Waals surface area contributed by atoms with E-state index >= 15 is 0 Å². The van der Waals surface area contributed by atoms with Crippen molar-refractivity contribution in [2.45, 2.75) is 51.4 Å². The summed E-state index contributed by atoms with van der Waals surface area (Å²) in [4.78, 5) is 11.1. The van der Waals surface area contributed by atoms with Crippen LogP contribution in [0.1, 0.15) is 67.3 Å². The molecule has 2 aromatic carbocycles. The molecule has 0 saturated heterocycles. The van der Waals surface area contributed by atoms with E-state index in [9.17, 15) is 9.18 Å². The molecule has 0 aromatic heterocycles. The number of carbonyl (C=O) groups excluding carboxylic acids is 1. The Labute approximate surface area is 157 Å². The van der Waals surface area contributed by atoms with Crippen molar-refractivity contribution in [2.75, 3.05) is 0 Å². The molecule has 1 aliphatic rings. The maximum absolute atomic E-state index is 14.5. The van der Waals surface area contributed by atoms with Crippen LogP contribution in [0.3, 0.4) is 0 Å². The van der Waals surface area contributed by atoms with Gasteiger partial charge in [0.2, 0.25) is 0 Å². The number of hydrogen-bond acceptors (Lipinski definition) is 1. The summed E-state index contributed by atoms with van der Waals surface area (Å²) in [5.74, 6) is 1.07. The van der Waals surface area contributed by atoms with Crippen LogP contribution in [-0.2, 0) is 0 Å². The smallest absolute Gasteiger partial charge is 0.154 e. The van der Waals surface area contributed by atoms with E-state index in [0.29, 0.717) is 22.2 Å². The van der Waals surface area contributed by atoms with Gasteiger partial charge >= 0.3 is 0 Å². The van der Waals surface area contributed by atoms with Gasteiger partial charge in [-0.05, 0) is 70.6 Å². The van der Waals surface area contributed by atoms with E-state index in [1.807, 2.05) is 12.1 Å². The predicted octanol–water partition coefficient (Wildman–Crippen LogP) is 7.14. The van der Waals surface area contributed by atoms with Crippen molar-refractivity contribution < 1.29 is 9.18 Å². The summed E-state index contributed by atoms with van der Waals surface area (Å²) in [6.45, 7) is 2.27. The monoisotopic (exact) mass is 402 g/mol. The summed E-state index contributed by atoms with van der Waals surface area (Å²) < 4.78 is 15.0. The highest BCUT2D eigenvalue weighted by molar-refractivity contribution is 9.10. The van der Waals surface area contributed by atoms with Gasteiger partial charge in [-0.25, -0.2) is 4.39 Å². The second kappa shape index (κ2) is 8.27. The fourth-order valence-corrected chi connectivity index (χ4v) is 4.43. The topological polar surface area (TPSA) is 17.1 Å². The lowest BCUT2D eigenvalue weighted by molar-refractivity contribution is 0.111. The van der Waals surface area contributed by atoms with Crippen molar-refractivity contribution in [1.29, 1.82) is 0 Å². The first-order valence-electron chi connectivity index (χ1n) is 9.17. The summed E-state index contributed by atoms with van der Waals surface area (Å²) in [6.07, 6.45) is 8.36. The van der Waals surface area contributed by atoms with Crippen molar-refractivity contribution in [2.24, 2.45) is 5.92 Å². The third kappa shape index (κ3) is 4.03. The fourth-order valence-electron chi connectivity index (χ4n) is 4.03. The second-order valence-electron chi connectivity index (χ2n) is 7.07. The highest BCUT2D eigenvalue weighted by Crippen LogP contribution is 2.38. The lowest BCUT2D eigenvalue weighted by Crippen LogP contribution is -2.13. The molecule has 0 atom stereocenters. The Balaban J connectivity index is 1.76. The molecule has 0 N–H and O–H groups in total. The number of benzene rings is 2. The largest absolute Gasteiger partial charge is 0.298 e. The van der Waals surface area contributed by atoms with Crippen molar-refractivity contribution >= 4 is 22.2 Å². The third-order valence-corrected chi connectivity index (χ3v) is 6.17. The zero-order valence-corrected chi connectivity index (χ0v) is 16.2. The molecule has 1 fully saturated rings. The molecule has 0 bridgehead atoms. The van der Waals surface area contributed by atoms with E-state index in [-0.39, 0.29) is 5.56 Å². The van der Waals surface area contributed by atoms with Crippen LogP contribution in [0.15, 0.2) is 40.9 Å². The van der Waals surface area contributed by atoms with Gasteiger partial charge in [0.25, 0.3) is 0 Å². The molecule has 0 unspecified atom stereocenters. The summed E-state index contributed by atoms with van der Waals surface area (Å²) >= 11 is 3.22. The first kappa shape index (κ1) is 18.3. The summed E-state index contributed by atoms with van der Waals surface area (Å²) in [5.41, 5.74) is 2.72. The highest BCUT2D eigenvalue weighted by atomic mass is 79.9. The highest BCUT2D eigenvalue weighted by Gasteiger charge is 2.22. The molecular weight excluding hydrogens is 379 g/mol. The quantitative estimate of drug-likeness (QED) is 0.485.